The Kier molecular flexibility index (Phi) is 3.34. The van der Waals surface area contributed by atoms with Crippen LogP contribution in [0.1, 0.15) is 48.1 Å². The molecule has 0 saturated carbocycles. The van der Waals surface area contributed by atoms with E-state index in [2.05, 4.69) is 45.3 Å². The summed E-state index contributed by atoms with van der Waals surface area (Å²) >= 11 is 0. The molecule has 0 fully saturated rings. The van der Waals surface area contributed by atoms with E-state index >= 15 is 0 Å². The molecule has 2 atom stereocenters. The van der Waals surface area contributed by atoms with Gasteiger partial charge in [-0.2, -0.15) is 0 Å². The molecular formula is C15H23N. The highest BCUT2D eigenvalue weighted by Gasteiger charge is 2.22. The molecule has 1 aromatic rings. The van der Waals surface area contributed by atoms with Crippen LogP contribution >= 0.6 is 0 Å². The van der Waals surface area contributed by atoms with Crippen molar-refractivity contribution in [2.45, 2.75) is 46.1 Å². The summed E-state index contributed by atoms with van der Waals surface area (Å²) in [6.45, 7) is 6.83. The van der Waals surface area contributed by atoms with Crippen molar-refractivity contribution in [1.29, 1.82) is 0 Å². The standard InChI is InChI=1S/C15H23N/c1-10-5-6-13-12(3)7-11(2)8-14(13)15(9-10)16-4/h7-8,10,15-16H,5-6,9H2,1-4H3. The molecule has 0 aromatic heterocycles. The summed E-state index contributed by atoms with van der Waals surface area (Å²) in [5, 5.41) is 3.48. The summed E-state index contributed by atoms with van der Waals surface area (Å²) in [4.78, 5) is 0. The minimum atomic E-state index is 0.547. The summed E-state index contributed by atoms with van der Waals surface area (Å²) in [5.41, 5.74) is 6.01. The zero-order valence-corrected chi connectivity index (χ0v) is 10.9. The monoisotopic (exact) mass is 217 g/mol. The predicted molar refractivity (Wildman–Crippen MR) is 69.8 cm³/mol. The van der Waals surface area contributed by atoms with E-state index in [1.165, 1.54) is 30.4 Å². The topological polar surface area (TPSA) is 12.0 Å². The maximum atomic E-state index is 3.48. The molecule has 1 heteroatoms. The molecule has 0 aliphatic heterocycles. The molecule has 0 saturated heterocycles. The molecule has 2 rings (SSSR count). The van der Waals surface area contributed by atoms with Crippen LogP contribution < -0.4 is 5.32 Å². The van der Waals surface area contributed by atoms with Crippen LogP contribution in [0.15, 0.2) is 12.1 Å². The molecule has 0 spiro atoms. The normalized spacial score (nSPS) is 25.0. The van der Waals surface area contributed by atoms with Gasteiger partial charge in [-0.15, -0.1) is 0 Å². The molecule has 16 heavy (non-hydrogen) atoms. The van der Waals surface area contributed by atoms with Crippen molar-refractivity contribution < 1.29 is 0 Å². The van der Waals surface area contributed by atoms with Crippen LogP contribution in [0, 0.1) is 19.8 Å². The van der Waals surface area contributed by atoms with Crippen LogP contribution in [-0.4, -0.2) is 7.05 Å². The third-order valence-electron chi connectivity index (χ3n) is 3.90. The maximum Gasteiger partial charge on any atom is 0.0323 e. The number of nitrogens with one attached hydrogen (secondary N) is 1. The van der Waals surface area contributed by atoms with Crippen LogP contribution in [0.5, 0.6) is 0 Å². The SMILES string of the molecule is CNC1CC(C)CCc2c(C)cc(C)cc21. The van der Waals surface area contributed by atoms with Gasteiger partial charge in [0, 0.05) is 6.04 Å². The molecule has 2 unspecified atom stereocenters. The summed E-state index contributed by atoms with van der Waals surface area (Å²) in [6.07, 6.45) is 3.85. The van der Waals surface area contributed by atoms with Crippen molar-refractivity contribution in [3.8, 4) is 0 Å². The average molecular weight is 217 g/mol. The highest BCUT2D eigenvalue weighted by Crippen LogP contribution is 2.33. The van der Waals surface area contributed by atoms with E-state index in [4.69, 9.17) is 0 Å². The van der Waals surface area contributed by atoms with Gasteiger partial charge in [0.25, 0.3) is 0 Å². The molecule has 1 N–H and O–H groups in total. The summed E-state index contributed by atoms with van der Waals surface area (Å²) < 4.78 is 0. The highest BCUT2D eigenvalue weighted by atomic mass is 14.9. The van der Waals surface area contributed by atoms with Crippen LogP contribution in [-0.2, 0) is 6.42 Å². The second-order valence-electron chi connectivity index (χ2n) is 5.37. The average Bonchev–Trinajstić information content (AvgIpc) is 2.38. The van der Waals surface area contributed by atoms with Crippen LogP contribution in [0.4, 0.5) is 0 Å². The van der Waals surface area contributed by atoms with E-state index in [-0.39, 0.29) is 0 Å². The summed E-state index contributed by atoms with van der Waals surface area (Å²) in [7, 11) is 2.09. The van der Waals surface area contributed by atoms with Crippen molar-refractivity contribution in [1.82, 2.24) is 5.32 Å². The lowest BCUT2D eigenvalue weighted by atomic mass is 9.93. The third-order valence-corrected chi connectivity index (χ3v) is 3.90. The van der Waals surface area contributed by atoms with Gasteiger partial charge in [-0.25, -0.2) is 0 Å². The number of hydrogen-bond donors (Lipinski definition) is 1. The molecule has 88 valence electrons. The van der Waals surface area contributed by atoms with Gasteiger partial charge in [0.05, 0.1) is 0 Å². The lowest BCUT2D eigenvalue weighted by molar-refractivity contribution is 0.428. The summed E-state index contributed by atoms with van der Waals surface area (Å²) in [6, 6.07) is 5.24. The summed E-state index contributed by atoms with van der Waals surface area (Å²) in [5.74, 6) is 0.824. The van der Waals surface area contributed by atoms with Gasteiger partial charge < -0.3 is 5.32 Å². The second kappa shape index (κ2) is 4.58. The van der Waals surface area contributed by atoms with Crippen molar-refractivity contribution in [2.24, 2.45) is 5.92 Å². The van der Waals surface area contributed by atoms with Gasteiger partial charge in [0.15, 0.2) is 0 Å². The Balaban J connectivity index is 2.48. The number of aryl methyl sites for hydroxylation is 2. The fourth-order valence-corrected chi connectivity index (χ4v) is 2.99. The Labute approximate surface area is 99.3 Å². The smallest absolute Gasteiger partial charge is 0.0323 e. The van der Waals surface area contributed by atoms with Gasteiger partial charge in [-0.3, -0.25) is 0 Å². The minimum Gasteiger partial charge on any atom is -0.313 e. The minimum absolute atomic E-state index is 0.547. The molecule has 0 amide bonds. The Hall–Kier alpha value is -0.820. The quantitative estimate of drug-likeness (QED) is 0.710. The highest BCUT2D eigenvalue weighted by molar-refractivity contribution is 5.41. The van der Waals surface area contributed by atoms with Crippen molar-refractivity contribution in [2.75, 3.05) is 7.05 Å². The lowest BCUT2D eigenvalue weighted by Crippen LogP contribution is -2.18. The fourth-order valence-electron chi connectivity index (χ4n) is 2.99. The van der Waals surface area contributed by atoms with Gasteiger partial charge in [0.2, 0.25) is 0 Å². The zero-order chi connectivity index (χ0) is 11.7. The molecule has 1 aliphatic rings. The van der Waals surface area contributed by atoms with E-state index in [9.17, 15) is 0 Å². The van der Waals surface area contributed by atoms with E-state index in [0.29, 0.717) is 6.04 Å². The van der Waals surface area contributed by atoms with Crippen LogP contribution in [0.25, 0.3) is 0 Å². The number of hydrogen-bond acceptors (Lipinski definition) is 1. The van der Waals surface area contributed by atoms with Gasteiger partial charge in [-0.1, -0.05) is 24.6 Å². The molecule has 0 heterocycles. The first-order valence-electron chi connectivity index (χ1n) is 6.39. The molecule has 1 aliphatic carbocycles. The van der Waals surface area contributed by atoms with E-state index in [1.54, 1.807) is 11.1 Å². The zero-order valence-electron chi connectivity index (χ0n) is 10.9. The largest absolute Gasteiger partial charge is 0.313 e. The molecular weight excluding hydrogens is 194 g/mol. The first-order chi connectivity index (χ1) is 7.61. The van der Waals surface area contributed by atoms with Gasteiger partial charge in [-0.05, 0) is 62.8 Å². The Morgan fingerprint density at radius 2 is 2.00 bits per heavy atom. The lowest BCUT2D eigenvalue weighted by Gasteiger charge is -2.20. The molecule has 0 radical (unpaired) electrons. The van der Waals surface area contributed by atoms with E-state index in [1.807, 2.05) is 0 Å². The number of benzene rings is 1. The predicted octanol–water partition coefficient (Wildman–Crippen LogP) is 3.54. The second-order valence-corrected chi connectivity index (χ2v) is 5.37. The van der Waals surface area contributed by atoms with Crippen molar-refractivity contribution in [3.63, 3.8) is 0 Å². The van der Waals surface area contributed by atoms with Crippen LogP contribution in [0.3, 0.4) is 0 Å². The first-order valence-corrected chi connectivity index (χ1v) is 6.39. The van der Waals surface area contributed by atoms with Crippen LogP contribution in [0.2, 0.25) is 0 Å². The number of fused-ring (bicyclic) bond motifs is 1. The third kappa shape index (κ3) is 2.15. The molecule has 0 bridgehead atoms. The molecule has 1 aromatic carbocycles. The Morgan fingerprint density at radius 3 is 2.69 bits per heavy atom. The number of rotatable bonds is 1. The van der Waals surface area contributed by atoms with E-state index < -0.39 is 0 Å². The van der Waals surface area contributed by atoms with Gasteiger partial charge >= 0.3 is 0 Å². The maximum absolute atomic E-state index is 3.48. The van der Waals surface area contributed by atoms with E-state index in [0.717, 1.165) is 5.92 Å². The Bertz CT molecular complexity index is 381. The first kappa shape index (κ1) is 11.7. The van der Waals surface area contributed by atoms with Gasteiger partial charge in [0.1, 0.15) is 0 Å². The van der Waals surface area contributed by atoms with Crippen molar-refractivity contribution >= 4 is 0 Å². The fraction of sp³-hybridized carbons (Fsp3) is 0.600. The van der Waals surface area contributed by atoms with Crippen molar-refractivity contribution in [3.05, 3.63) is 34.4 Å². The molecule has 1 nitrogen and oxygen atoms in total. The Morgan fingerprint density at radius 1 is 1.25 bits per heavy atom.